The zero-order chi connectivity index (χ0) is 15.1. The van der Waals surface area contributed by atoms with Crippen molar-refractivity contribution in [2.45, 2.75) is 52.2 Å². The van der Waals surface area contributed by atoms with E-state index >= 15 is 0 Å². The van der Waals surface area contributed by atoms with Crippen molar-refractivity contribution in [3.8, 4) is 0 Å². The highest BCUT2D eigenvalue weighted by Crippen LogP contribution is 2.23. The minimum atomic E-state index is 0.432. The molecule has 1 N–H and O–H groups in total. The SMILES string of the molecule is CCCNc1cc(N(CC(C)C)C(C)C)nc(SC)n1. The molecule has 0 atom stereocenters. The largest absolute Gasteiger partial charge is 0.370 e. The number of nitrogens with one attached hydrogen (secondary N) is 1. The van der Waals surface area contributed by atoms with Crippen molar-refractivity contribution >= 4 is 23.4 Å². The molecule has 5 heteroatoms. The lowest BCUT2D eigenvalue weighted by Crippen LogP contribution is -2.35. The van der Waals surface area contributed by atoms with E-state index in [1.54, 1.807) is 11.8 Å². The first-order valence-electron chi connectivity index (χ1n) is 7.41. The number of aromatic nitrogens is 2. The van der Waals surface area contributed by atoms with Crippen molar-refractivity contribution < 1.29 is 0 Å². The molecule has 0 bridgehead atoms. The molecule has 1 rings (SSSR count). The smallest absolute Gasteiger partial charge is 0.191 e. The van der Waals surface area contributed by atoms with Gasteiger partial charge in [0.15, 0.2) is 5.16 Å². The quantitative estimate of drug-likeness (QED) is 0.582. The van der Waals surface area contributed by atoms with Gasteiger partial charge >= 0.3 is 0 Å². The summed E-state index contributed by atoms with van der Waals surface area (Å²) in [4.78, 5) is 11.5. The molecular weight excluding hydrogens is 268 g/mol. The molecule has 0 saturated carbocycles. The summed E-state index contributed by atoms with van der Waals surface area (Å²) in [6.45, 7) is 13.0. The van der Waals surface area contributed by atoms with E-state index in [0.717, 1.165) is 36.3 Å². The van der Waals surface area contributed by atoms with E-state index in [4.69, 9.17) is 0 Å². The fraction of sp³-hybridized carbons (Fsp3) is 0.733. The van der Waals surface area contributed by atoms with Gasteiger partial charge < -0.3 is 10.2 Å². The van der Waals surface area contributed by atoms with Gasteiger partial charge in [-0.05, 0) is 32.4 Å². The average Bonchev–Trinajstić information content (AvgIpc) is 2.41. The molecule has 4 nitrogen and oxygen atoms in total. The van der Waals surface area contributed by atoms with Gasteiger partial charge in [-0.2, -0.15) is 0 Å². The summed E-state index contributed by atoms with van der Waals surface area (Å²) >= 11 is 1.59. The number of hydrogen-bond donors (Lipinski definition) is 1. The van der Waals surface area contributed by atoms with Gasteiger partial charge in [0.25, 0.3) is 0 Å². The predicted octanol–water partition coefficient (Wildman–Crippen LogP) is 3.89. The molecule has 0 aromatic carbocycles. The molecule has 1 aromatic heterocycles. The maximum absolute atomic E-state index is 4.67. The van der Waals surface area contributed by atoms with E-state index in [0.29, 0.717) is 12.0 Å². The van der Waals surface area contributed by atoms with Gasteiger partial charge in [-0.1, -0.05) is 32.5 Å². The van der Waals surface area contributed by atoms with Crippen molar-refractivity contribution in [2.75, 3.05) is 29.6 Å². The first-order valence-corrected chi connectivity index (χ1v) is 8.64. The molecular formula is C15H28N4S. The molecule has 20 heavy (non-hydrogen) atoms. The van der Waals surface area contributed by atoms with Crippen molar-refractivity contribution in [3.05, 3.63) is 6.07 Å². The monoisotopic (exact) mass is 296 g/mol. The molecule has 0 spiro atoms. The molecule has 0 saturated heterocycles. The lowest BCUT2D eigenvalue weighted by atomic mass is 10.2. The van der Waals surface area contributed by atoms with Gasteiger partial charge in [-0.3, -0.25) is 0 Å². The molecule has 0 fully saturated rings. The minimum absolute atomic E-state index is 0.432. The molecule has 0 aliphatic rings. The van der Waals surface area contributed by atoms with E-state index in [9.17, 15) is 0 Å². The summed E-state index contributed by atoms with van der Waals surface area (Å²) in [6, 6.07) is 2.50. The van der Waals surface area contributed by atoms with Gasteiger partial charge in [0.1, 0.15) is 11.6 Å². The Morgan fingerprint density at radius 2 is 1.95 bits per heavy atom. The van der Waals surface area contributed by atoms with E-state index in [-0.39, 0.29) is 0 Å². The lowest BCUT2D eigenvalue weighted by molar-refractivity contribution is 0.564. The van der Waals surface area contributed by atoms with Crippen LogP contribution in [0.15, 0.2) is 11.2 Å². The van der Waals surface area contributed by atoms with Gasteiger partial charge in [-0.25, -0.2) is 9.97 Å². The van der Waals surface area contributed by atoms with Gasteiger partial charge in [-0.15, -0.1) is 0 Å². The van der Waals surface area contributed by atoms with Crippen LogP contribution in [0.2, 0.25) is 0 Å². The Balaban J connectivity index is 3.05. The molecule has 1 heterocycles. The Hall–Kier alpha value is -0.970. The van der Waals surface area contributed by atoms with E-state index < -0.39 is 0 Å². The number of hydrogen-bond acceptors (Lipinski definition) is 5. The number of rotatable bonds is 8. The van der Waals surface area contributed by atoms with Gasteiger partial charge in [0.2, 0.25) is 0 Å². The highest BCUT2D eigenvalue weighted by molar-refractivity contribution is 7.98. The second-order valence-electron chi connectivity index (χ2n) is 5.66. The zero-order valence-corrected chi connectivity index (χ0v) is 14.4. The zero-order valence-electron chi connectivity index (χ0n) is 13.6. The van der Waals surface area contributed by atoms with Crippen molar-refractivity contribution in [2.24, 2.45) is 5.92 Å². The summed E-state index contributed by atoms with van der Waals surface area (Å²) in [5.41, 5.74) is 0. The third-order valence-corrected chi connectivity index (χ3v) is 3.46. The Kier molecular flexibility index (Phi) is 7.13. The molecule has 1 aromatic rings. The molecule has 0 radical (unpaired) electrons. The Bertz CT molecular complexity index is 407. The van der Waals surface area contributed by atoms with Crippen LogP contribution in [0.4, 0.5) is 11.6 Å². The maximum atomic E-state index is 4.67. The molecule has 0 aliphatic carbocycles. The second kappa shape index (κ2) is 8.35. The van der Waals surface area contributed by atoms with Crippen LogP contribution >= 0.6 is 11.8 Å². The minimum Gasteiger partial charge on any atom is -0.370 e. The third kappa shape index (κ3) is 5.19. The van der Waals surface area contributed by atoms with Crippen LogP contribution in [0.3, 0.4) is 0 Å². The van der Waals surface area contributed by atoms with Crippen LogP contribution < -0.4 is 10.2 Å². The van der Waals surface area contributed by atoms with Crippen LogP contribution in [0, 0.1) is 5.92 Å². The van der Waals surface area contributed by atoms with Crippen molar-refractivity contribution in [3.63, 3.8) is 0 Å². The van der Waals surface area contributed by atoms with Gasteiger partial charge in [0, 0.05) is 25.2 Å². The number of nitrogens with zero attached hydrogens (tertiary/aromatic N) is 3. The average molecular weight is 296 g/mol. The Morgan fingerprint density at radius 3 is 2.45 bits per heavy atom. The first kappa shape index (κ1) is 17.1. The molecule has 0 amide bonds. The number of anilines is 2. The van der Waals surface area contributed by atoms with Crippen molar-refractivity contribution in [1.82, 2.24) is 9.97 Å². The summed E-state index contributed by atoms with van der Waals surface area (Å²) in [6.07, 6.45) is 3.11. The highest BCUT2D eigenvalue weighted by Gasteiger charge is 2.15. The summed E-state index contributed by atoms with van der Waals surface area (Å²) < 4.78 is 0. The molecule has 114 valence electrons. The van der Waals surface area contributed by atoms with Crippen LogP contribution in [-0.2, 0) is 0 Å². The summed E-state index contributed by atoms with van der Waals surface area (Å²) in [5.74, 6) is 2.56. The van der Waals surface area contributed by atoms with Crippen LogP contribution in [0.5, 0.6) is 0 Å². The maximum Gasteiger partial charge on any atom is 0.191 e. The second-order valence-corrected chi connectivity index (χ2v) is 6.44. The van der Waals surface area contributed by atoms with Gasteiger partial charge in [0.05, 0.1) is 0 Å². The normalized spacial score (nSPS) is 11.2. The predicted molar refractivity (Wildman–Crippen MR) is 89.9 cm³/mol. The van der Waals surface area contributed by atoms with Crippen molar-refractivity contribution in [1.29, 1.82) is 0 Å². The highest BCUT2D eigenvalue weighted by atomic mass is 32.2. The third-order valence-electron chi connectivity index (χ3n) is 2.91. The van der Waals surface area contributed by atoms with E-state index in [2.05, 4.69) is 60.9 Å². The Labute approximate surface area is 127 Å². The standard InChI is InChI=1S/C15H28N4S/c1-7-8-16-13-9-14(18-15(17-13)20-6)19(12(4)5)10-11(2)3/h9,11-12H,7-8,10H2,1-6H3,(H,16,17,18). The fourth-order valence-electron chi connectivity index (χ4n) is 1.96. The van der Waals surface area contributed by atoms with Crippen LogP contribution in [0.1, 0.15) is 41.0 Å². The lowest BCUT2D eigenvalue weighted by Gasteiger charge is -2.30. The fourth-order valence-corrected chi connectivity index (χ4v) is 2.33. The van der Waals surface area contributed by atoms with Crippen LogP contribution in [-0.4, -0.2) is 35.4 Å². The summed E-state index contributed by atoms with van der Waals surface area (Å²) in [7, 11) is 0. The van der Waals surface area contributed by atoms with E-state index in [1.807, 2.05) is 6.26 Å². The summed E-state index contributed by atoms with van der Waals surface area (Å²) in [5, 5.41) is 4.19. The molecule has 0 aliphatic heterocycles. The molecule has 0 unspecified atom stereocenters. The first-order chi connectivity index (χ1) is 9.47. The Morgan fingerprint density at radius 1 is 1.25 bits per heavy atom. The van der Waals surface area contributed by atoms with Crippen LogP contribution in [0.25, 0.3) is 0 Å². The topological polar surface area (TPSA) is 41.0 Å². The van der Waals surface area contributed by atoms with E-state index in [1.165, 1.54) is 0 Å². The number of thioether (sulfide) groups is 1.